The van der Waals surface area contributed by atoms with Crippen molar-refractivity contribution in [1.29, 1.82) is 5.41 Å². The molecule has 0 aliphatic heterocycles. The van der Waals surface area contributed by atoms with Crippen LogP contribution >= 0.6 is 0 Å². The van der Waals surface area contributed by atoms with E-state index >= 15 is 0 Å². The molecule has 0 aromatic heterocycles. The second kappa shape index (κ2) is 3.98. The molecule has 6 N–H and O–H groups in total. The van der Waals surface area contributed by atoms with E-state index in [1.807, 2.05) is 43.3 Å². The second-order valence-electron chi connectivity index (χ2n) is 4.85. The van der Waals surface area contributed by atoms with E-state index in [2.05, 4.69) is 5.32 Å². The van der Waals surface area contributed by atoms with Gasteiger partial charge >= 0.3 is 0 Å². The summed E-state index contributed by atoms with van der Waals surface area (Å²) in [7, 11) is 0. The fourth-order valence-electron chi connectivity index (χ4n) is 1.89. The van der Waals surface area contributed by atoms with Gasteiger partial charge in [0.05, 0.1) is 5.71 Å². The molecule has 1 aromatic rings. The fourth-order valence-corrected chi connectivity index (χ4v) is 1.89. The Kier molecular flexibility index (Phi) is 2.77. The van der Waals surface area contributed by atoms with Gasteiger partial charge in [-0.2, -0.15) is 0 Å². The Hall–Kier alpha value is -1.65. The third-order valence-corrected chi connectivity index (χ3v) is 2.91. The molecule has 0 bridgehead atoms. The lowest BCUT2D eigenvalue weighted by molar-refractivity contribution is 0.563. The Labute approximate surface area is 101 Å². The van der Waals surface area contributed by atoms with Gasteiger partial charge in [-0.25, -0.2) is 0 Å². The number of rotatable bonds is 2. The molecule has 1 aromatic carbocycles. The molecular weight excluding hydrogens is 212 g/mol. The van der Waals surface area contributed by atoms with Gasteiger partial charge in [0.25, 0.3) is 0 Å². The van der Waals surface area contributed by atoms with Crippen LogP contribution in [0.15, 0.2) is 42.5 Å². The van der Waals surface area contributed by atoms with Crippen molar-refractivity contribution in [3.8, 4) is 0 Å². The summed E-state index contributed by atoms with van der Waals surface area (Å²) in [6.45, 7) is 1.89. The van der Waals surface area contributed by atoms with Crippen LogP contribution < -0.4 is 16.8 Å². The maximum atomic E-state index is 8.03. The quantitative estimate of drug-likeness (QED) is 0.458. The number of para-hydroxylation sites is 1. The van der Waals surface area contributed by atoms with Crippen molar-refractivity contribution in [3.05, 3.63) is 42.5 Å². The van der Waals surface area contributed by atoms with E-state index in [-0.39, 0.29) is 0 Å². The van der Waals surface area contributed by atoms with Crippen LogP contribution in [0.25, 0.3) is 0 Å². The summed E-state index contributed by atoms with van der Waals surface area (Å²) >= 11 is 0. The molecule has 2 unspecified atom stereocenters. The van der Waals surface area contributed by atoms with E-state index in [9.17, 15) is 0 Å². The van der Waals surface area contributed by atoms with E-state index in [0.29, 0.717) is 12.1 Å². The number of hydrogen-bond donors (Lipinski definition) is 4. The van der Waals surface area contributed by atoms with Crippen molar-refractivity contribution in [2.24, 2.45) is 11.5 Å². The Morgan fingerprint density at radius 3 is 2.41 bits per heavy atom. The van der Waals surface area contributed by atoms with Crippen molar-refractivity contribution >= 4 is 11.4 Å². The van der Waals surface area contributed by atoms with Crippen LogP contribution in [0.3, 0.4) is 0 Å². The largest absolute Gasteiger partial charge is 0.359 e. The summed E-state index contributed by atoms with van der Waals surface area (Å²) in [5, 5.41) is 11.2. The van der Waals surface area contributed by atoms with Crippen molar-refractivity contribution in [2.45, 2.75) is 24.5 Å². The summed E-state index contributed by atoms with van der Waals surface area (Å²) in [5.74, 6) is 0. The highest BCUT2D eigenvalue weighted by molar-refractivity contribution is 5.97. The zero-order chi connectivity index (χ0) is 12.5. The monoisotopic (exact) mass is 230 g/mol. The molecule has 1 aliphatic rings. The van der Waals surface area contributed by atoms with Crippen LogP contribution in [0.5, 0.6) is 0 Å². The predicted molar refractivity (Wildman–Crippen MR) is 71.1 cm³/mol. The van der Waals surface area contributed by atoms with Gasteiger partial charge in [0.1, 0.15) is 5.66 Å². The van der Waals surface area contributed by atoms with Crippen LogP contribution in [-0.2, 0) is 0 Å². The number of nitrogens with two attached hydrogens (primary N) is 2. The highest BCUT2D eigenvalue weighted by Gasteiger charge is 2.35. The lowest BCUT2D eigenvalue weighted by Gasteiger charge is -2.37. The average Bonchev–Trinajstić information content (AvgIpc) is 2.26. The molecule has 2 rings (SSSR count). The molecular formula is C13H18N4. The molecule has 0 amide bonds. The number of nitrogens with one attached hydrogen (secondary N) is 2. The lowest BCUT2D eigenvalue weighted by Crippen LogP contribution is -2.58. The third-order valence-electron chi connectivity index (χ3n) is 2.91. The van der Waals surface area contributed by atoms with Gasteiger partial charge in [0.15, 0.2) is 0 Å². The Morgan fingerprint density at radius 1 is 1.18 bits per heavy atom. The molecule has 0 radical (unpaired) electrons. The molecule has 1 aliphatic carbocycles. The molecule has 17 heavy (non-hydrogen) atoms. The van der Waals surface area contributed by atoms with Crippen LogP contribution in [0.2, 0.25) is 0 Å². The molecule has 0 heterocycles. The summed E-state index contributed by atoms with van der Waals surface area (Å²) in [6, 6.07) is 9.63. The first-order valence-electron chi connectivity index (χ1n) is 5.61. The van der Waals surface area contributed by atoms with E-state index < -0.39 is 11.2 Å². The minimum atomic E-state index is -0.930. The summed E-state index contributed by atoms with van der Waals surface area (Å²) in [5.41, 5.74) is 12.0. The molecule has 0 spiro atoms. The van der Waals surface area contributed by atoms with Crippen LogP contribution in [0.4, 0.5) is 5.69 Å². The number of benzene rings is 1. The Bertz CT molecular complexity index is 450. The molecule has 0 saturated carbocycles. The van der Waals surface area contributed by atoms with Crippen molar-refractivity contribution in [3.63, 3.8) is 0 Å². The van der Waals surface area contributed by atoms with Crippen LogP contribution in [-0.4, -0.2) is 16.9 Å². The molecule has 4 heteroatoms. The SMILES string of the molecule is CC1(N)C=CC(N)(Nc2ccccc2)C(=N)C1. The fraction of sp³-hybridized carbons (Fsp3) is 0.308. The van der Waals surface area contributed by atoms with Gasteiger partial charge in [0.2, 0.25) is 0 Å². The highest BCUT2D eigenvalue weighted by atomic mass is 15.1. The van der Waals surface area contributed by atoms with Gasteiger partial charge in [-0.3, -0.25) is 0 Å². The minimum Gasteiger partial charge on any atom is -0.359 e. The standard InChI is InChI=1S/C13H18N4/c1-12(15)7-8-13(16,11(14)9-12)17-10-5-3-2-4-6-10/h2-8,14,17H,9,15-16H2,1H3. The smallest absolute Gasteiger partial charge is 0.144 e. The molecule has 90 valence electrons. The summed E-state index contributed by atoms with van der Waals surface area (Å²) < 4.78 is 0. The molecule has 0 fully saturated rings. The zero-order valence-corrected chi connectivity index (χ0v) is 9.90. The van der Waals surface area contributed by atoms with Crippen LogP contribution in [0.1, 0.15) is 13.3 Å². The van der Waals surface area contributed by atoms with Crippen molar-refractivity contribution < 1.29 is 0 Å². The van der Waals surface area contributed by atoms with Gasteiger partial charge in [-0.1, -0.05) is 24.3 Å². The van der Waals surface area contributed by atoms with Crippen molar-refractivity contribution in [2.75, 3.05) is 5.32 Å². The second-order valence-corrected chi connectivity index (χ2v) is 4.85. The first-order valence-corrected chi connectivity index (χ1v) is 5.61. The van der Waals surface area contributed by atoms with Crippen LogP contribution in [0, 0.1) is 5.41 Å². The van der Waals surface area contributed by atoms with E-state index in [1.165, 1.54) is 0 Å². The topological polar surface area (TPSA) is 87.9 Å². The zero-order valence-electron chi connectivity index (χ0n) is 9.90. The molecule has 4 nitrogen and oxygen atoms in total. The van der Waals surface area contributed by atoms with E-state index in [1.54, 1.807) is 6.08 Å². The Morgan fingerprint density at radius 2 is 1.82 bits per heavy atom. The third kappa shape index (κ3) is 2.54. The average molecular weight is 230 g/mol. The van der Waals surface area contributed by atoms with Gasteiger partial charge in [0, 0.05) is 17.6 Å². The number of anilines is 1. The molecule has 2 atom stereocenters. The van der Waals surface area contributed by atoms with E-state index in [0.717, 1.165) is 5.69 Å². The minimum absolute atomic E-state index is 0.397. The Balaban J connectivity index is 2.23. The maximum absolute atomic E-state index is 8.03. The van der Waals surface area contributed by atoms with Gasteiger partial charge < -0.3 is 22.2 Å². The predicted octanol–water partition coefficient (Wildman–Crippen LogP) is 1.45. The van der Waals surface area contributed by atoms with Crippen molar-refractivity contribution in [1.82, 2.24) is 0 Å². The van der Waals surface area contributed by atoms with Gasteiger partial charge in [-0.05, 0) is 25.1 Å². The summed E-state index contributed by atoms with van der Waals surface area (Å²) in [6.07, 6.45) is 4.09. The normalized spacial score (nSPS) is 32.5. The molecule has 0 saturated heterocycles. The summed E-state index contributed by atoms with van der Waals surface area (Å²) in [4.78, 5) is 0. The maximum Gasteiger partial charge on any atom is 0.144 e. The first kappa shape index (κ1) is 11.8. The first-order chi connectivity index (χ1) is 7.91. The number of hydrogen-bond acceptors (Lipinski definition) is 4. The van der Waals surface area contributed by atoms with Gasteiger partial charge in [-0.15, -0.1) is 0 Å². The lowest BCUT2D eigenvalue weighted by atomic mass is 9.83. The highest BCUT2D eigenvalue weighted by Crippen LogP contribution is 2.24. The van der Waals surface area contributed by atoms with E-state index in [4.69, 9.17) is 16.9 Å².